The van der Waals surface area contributed by atoms with Crippen LogP contribution in [-0.4, -0.2) is 11.5 Å². The van der Waals surface area contributed by atoms with Gasteiger partial charge in [-0.1, -0.05) is 18.2 Å². The summed E-state index contributed by atoms with van der Waals surface area (Å²) in [6.45, 7) is 0. The topological polar surface area (TPSA) is 49.3 Å². The molecule has 0 aliphatic rings. The van der Waals surface area contributed by atoms with E-state index in [2.05, 4.69) is 5.32 Å². The van der Waals surface area contributed by atoms with Gasteiger partial charge < -0.3 is 10.4 Å². The number of aromatic hydroxyl groups is 1. The molecule has 0 fully saturated rings. The molecule has 1 amide bonds. The van der Waals surface area contributed by atoms with Gasteiger partial charge in [-0.2, -0.15) is 0 Å². The fraction of sp³-hybridized carbons (Fsp3) is 0. The number of nitrogens with one attached hydrogen (secondary N) is 1. The van der Waals surface area contributed by atoms with Crippen LogP contribution in [0.1, 0.15) is 0 Å². The minimum absolute atomic E-state index is 0.192. The number of anilines is 1. The minimum atomic E-state index is 0.192. The van der Waals surface area contributed by atoms with Crippen LogP contribution in [0, 0.1) is 0 Å². The van der Waals surface area contributed by atoms with E-state index in [1.54, 1.807) is 24.3 Å². The molecule has 0 aliphatic heterocycles. The molecular weight excluding hydrogens is 178 g/mol. The van der Waals surface area contributed by atoms with E-state index in [1.165, 1.54) is 0 Å². The molecule has 0 aliphatic carbocycles. The molecule has 0 aromatic heterocycles. The quantitative estimate of drug-likeness (QED) is 0.707. The van der Waals surface area contributed by atoms with Crippen molar-refractivity contribution in [3.63, 3.8) is 0 Å². The summed E-state index contributed by atoms with van der Waals surface area (Å²) in [7, 11) is 0. The van der Waals surface area contributed by atoms with Gasteiger partial charge in [-0.3, -0.25) is 4.79 Å². The van der Waals surface area contributed by atoms with Gasteiger partial charge >= 0.3 is 0 Å². The predicted molar refractivity (Wildman–Crippen MR) is 55.3 cm³/mol. The molecule has 0 unspecified atom stereocenters. The number of hydrogen-bond donors (Lipinski definition) is 2. The number of fused-ring (bicyclic) bond motifs is 1. The maximum absolute atomic E-state index is 10.3. The number of phenols is 1. The molecule has 0 saturated heterocycles. The Balaban J connectivity index is 2.70. The second-order valence-corrected chi connectivity index (χ2v) is 2.97. The van der Waals surface area contributed by atoms with Crippen molar-refractivity contribution in [3.8, 4) is 5.75 Å². The van der Waals surface area contributed by atoms with Gasteiger partial charge in [-0.15, -0.1) is 0 Å². The van der Waals surface area contributed by atoms with Crippen LogP contribution in [0.5, 0.6) is 5.75 Å². The van der Waals surface area contributed by atoms with Crippen LogP contribution in [-0.2, 0) is 4.79 Å². The van der Waals surface area contributed by atoms with Crippen LogP contribution in [0.2, 0.25) is 0 Å². The highest BCUT2D eigenvalue weighted by Crippen LogP contribution is 2.26. The van der Waals surface area contributed by atoms with Gasteiger partial charge in [0.2, 0.25) is 6.41 Å². The molecular formula is C11H9NO2. The van der Waals surface area contributed by atoms with Gasteiger partial charge in [0, 0.05) is 11.1 Å². The van der Waals surface area contributed by atoms with Gasteiger partial charge in [-0.25, -0.2) is 0 Å². The Bertz CT molecular complexity index is 480. The molecule has 0 heterocycles. The molecule has 0 saturated carbocycles. The number of amides is 1. The van der Waals surface area contributed by atoms with E-state index in [0.29, 0.717) is 12.1 Å². The van der Waals surface area contributed by atoms with E-state index in [1.807, 2.05) is 12.1 Å². The fourth-order valence-corrected chi connectivity index (χ4v) is 1.45. The smallest absolute Gasteiger partial charge is 0.211 e. The van der Waals surface area contributed by atoms with E-state index < -0.39 is 0 Å². The van der Waals surface area contributed by atoms with Crippen molar-refractivity contribution in [2.45, 2.75) is 0 Å². The standard InChI is InChI=1S/C11H9NO2/c13-7-12-11-3-1-2-8-4-5-9(14)6-10(8)11/h1-7,14H,(H,12,13). The Morgan fingerprint density at radius 3 is 2.86 bits per heavy atom. The lowest BCUT2D eigenvalue weighted by Gasteiger charge is -2.04. The lowest BCUT2D eigenvalue weighted by molar-refractivity contribution is -0.105. The van der Waals surface area contributed by atoms with Crippen LogP contribution in [0.4, 0.5) is 5.69 Å². The molecule has 0 radical (unpaired) electrons. The number of rotatable bonds is 2. The van der Waals surface area contributed by atoms with Crippen molar-refractivity contribution in [1.29, 1.82) is 0 Å². The highest BCUT2D eigenvalue weighted by Gasteiger charge is 2.00. The summed E-state index contributed by atoms with van der Waals surface area (Å²) in [4.78, 5) is 10.3. The lowest BCUT2D eigenvalue weighted by Crippen LogP contribution is -1.93. The summed E-state index contributed by atoms with van der Waals surface area (Å²) in [5.41, 5.74) is 0.702. The highest BCUT2D eigenvalue weighted by atomic mass is 16.3. The zero-order valence-electron chi connectivity index (χ0n) is 7.40. The third-order valence-electron chi connectivity index (χ3n) is 2.08. The first-order chi connectivity index (χ1) is 6.81. The third kappa shape index (κ3) is 1.40. The van der Waals surface area contributed by atoms with E-state index in [-0.39, 0.29) is 5.75 Å². The van der Waals surface area contributed by atoms with E-state index >= 15 is 0 Å². The van der Waals surface area contributed by atoms with Crippen molar-refractivity contribution in [1.82, 2.24) is 0 Å². The molecule has 0 bridgehead atoms. The molecule has 3 heteroatoms. The Labute approximate surface area is 81.0 Å². The average molecular weight is 187 g/mol. The van der Waals surface area contributed by atoms with Crippen LogP contribution in [0.15, 0.2) is 36.4 Å². The summed E-state index contributed by atoms with van der Waals surface area (Å²) in [6, 6.07) is 10.6. The first-order valence-corrected chi connectivity index (χ1v) is 4.23. The first-order valence-electron chi connectivity index (χ1n) is 4.23. The molecule has 3 nitrogen and oxygen atoms in total. The summed E-state index contributed by atoms with van der Waals surface area (Å²) in [6.07, 6.45) is 0.624. The maximum Gasteiger partial charge on any atom is 0.211 e. The monoisotopic (exact) mass is 187 g/mol. The Morgan fingerprint density at radius 2 is 2.07 bits per heavy atom. The minimum Gasteiger partial charge on any atom is -0.508 e. The van der Waals surface area contributed by atoms with E-state index in [9.17, 15) is 9.90 Å². The van der Waals surface area contributed by atoms with Crippen molar-refractivity contribution in [3.05, 3.63) is 36.4 Å². The van der Waals surface area contributed by atoms with Crippen molar-refractivity contribution < 1.29 is 9.90 Å². The van der Waals surface area contributed by atoms with Crippen molar-refractivity contribution >= 4 is 22.9 Å². The Kier molecular flexibility index (Phi) is 2.07. The molecule has 2 aromatic rings. The molecule has 14 heavy (non-hydrogen) atoms. The van der Waals surface area contributed by atoms with Crippen LogP contribution in [0.3, 0.4) is 0 Å². The number of carbonyl (C=O) groups is 1. The normalized spacial score (nSPS) is 10.0. The zero-order chi connectivity index (χ0) is 9.97. The Hall–Kier alpha value is -2.03. The van der Waals surface area contributed by atoms with Gasteiger partial charge in [0.1, 0.15) is 5.75 Å². The molecule has 70 valence electrons. The molecule has 2 rings (SSSR count). The first kappa shape index (κ1) is 8.56. The number of phenolic OH excluding ortho intramolecular Hbond substituents is 1. The zero-order valence-corrected chi connectivity index (χ0v) is 7.40. The number of hydrogen-bond acceptors (Lipinski definition) is 2. The van der Waals surface area contributed by atoms with Gasteiger partial charge in [-0.05, 0) is 23.6 Å². The fourth-order valence-electron chi connectivity index (χ4n) is 1.45. The highest BCUT2D eigenvalue weighted by molar-refractivity contribution is 5.98. The SMILES string of the molecule is O=CNc1cccc2ccc(O)cc12. The van der Waals surface area contributed by atoms with E-state index in [4.69, 9.17) is 0 Å². The summed E-state index contributed by atoms with van der Waals surface area (Å²) in [5, 5.41) is 13.7. The number of carbonyl (C=O) groups excluding carboxylic acids is 1. The molecule has 2 N–H and O–H groups in total. The van der Waals surface area contributed by atoms with Crippen molar-refractivity contribution in [2.75, 3.05) is 5.32 Å². The Morgan fingerprint density at radius 1 is 1.21 bits per heavy atom. The molecule has 0 atom stereocenters. The number of benzene rings is 2. The summed E-state index contributed by atoms with van der Waals surface area (Å²) < 4.78 is 0. The van der Waals surface area contributed by atoms with Crippen LogP contribution >= 0.6 is 0 Å². The van der Waals surface area contributed by atoms with Crippen LogP contribution < -0.4 is 5.32 Å². The van der Waals surface area contributed by atoms with Crippen LogP contribution in [0.25, 0.3) is 10.8 Å². The maximum atomic E-state index is 10.3. The predicted octanol–water partition coefficient (Wildman–Crippen LogP) is 2.11. The second kappa shape index (κ2) is 3.38. The molecule has 2 aromatic carbocycles. The van der Waals surface area contributed by atoms with E-state index in [0.717, 1.165) is 10.8 Å². The van der Waals surface area contributed by atoms with Crippen molar-refractivity contribution in [2.24, 2.45) is 0 Å². The van der Waals surface area contributed by atoms with Gasteiger partial charge in [0.05, 0.1) is 0 Å². The third-order valence-corrected chi connectivity index (χ3v) is 2.08. The summed E-state index contributed by atoms with van der Waals surface area (Å²) in [5.74, 6) is 0.192. The van der Waals surface area contributed by atoms with Gasteiger partial charge in [0.25, 0.3) is 0 Å². The molecule has 0 spiro atoms. The lowest BCUT2D eigenvalue weighted by atomic mass is 10.1. The summed E-state index contributed by atoms with van der Waals surface area (Å²) >= 11 is 0. The average Bonchev–Trinajstić information content (AvgIpc) is 2.19. The van der Waals surface area contributed by atoms with Gasteiger partial charge in [0.15, 0.2) is 0 Å². The largest absolute Gasteiger partial charge is 0.508 e. The second-order valence-electron chi connectivity index (χ2n) is 2.97.